The normalized spacial score (nSPS) is 19.0. The summed E-state index contributed by atoms with van der Waals surface area (Å²) in [4.78, 5) is 31.3. The zero-order chi connectivity index (χ0) is 19.5. The third-order valence-corrected chi connectivity index (χ3v) is 6.67. The number of aromatic amines is 1. The van der Waals surface area contributed by atoms with Gasteiger partial charge in [0.15, 0.2) is 0 Å². The molecule has 0 spiro atoms. The second kappa shape index (κ2) is 8.50. The van der Waals surface area contributed by atoms with Gasteiger partial charge in [0.25, 0.3) is 5.56 Å². The van der Waals surface area contributed by atoms with Crippen LogP contribution < -0.4 is 5.56 Å². The van der Waals surface area contributed by atoms with Gasteiger partial charge in [0.05, 0.1) is 6.54 Å². The van der Waals surface area contributed by atoms with E-state index in [1.165, 1.54) is 25.7 Å². The fourth-order valence-corrected chi connectivity index (χ4v) is 5.02. The van der Waals surface area contributed by atoms with Crippen LogP contribution >= 0.6 is 0 Å². The summed E-state index contributed by atoms with van der Waals surface area (Å²) in [5.41, 5.74) is 2.66. The molecule has 2 saturated carbocycles. The van der Waals surface area contributed by atoms with Crippen molar-refractivity contribution in [2.75, 3.05) is 0 Å². The van der Waals surface area contributed by atoms with Crippen LogP contribution in [0.4, 0.5) is 0 Å². The third-order valence-electron chi connectivity index (χ3n) is 6.67. The van der Waals surface area contributed by atoms with Crippen molar-refractivity contribution in [1.29, 1.82) is 0 Å². The number of carbonyl (C=O) groups excluding carboxylic acids is 1. The van der Waals surface area contributed by atoms with E-state index in [9.17, 15) is 9.59 Å². The summed E-state index contributed by atoms with van der Waals surface area (Å²) >= 11 is 0. The van der Waals surface area contributed by atoms with E-state index < -0.39 is 0 Å². The summed E-state index contributed by atoms with van der Waals surface area (Å²) in [5, 5.41) is 1.04. The molecule has 4 nitrogen and oxygen atoms in total. The maximum absolute atomic E-state index is 13.4. The third kappa shape index (κ3) is 4.16. The summed E-state index contributed by atoms with van der Waals surface area (Å²) < 4.78 is 0. The molecule has 2 aliphatic carbocycles. The van der Waals surface area contributed by atoms with Crippen molar-refractivity contribution in [3.63, 3.8) is 0 Å². The number of nitrogens with one attached hydrogen (secondary N) is 1. The van der Waals surface area contributed by atoms with Crippen molar-refractivity contribution in [2.24, 2.45) is 5.92 Å². The second-order valence-electron chi connectivity index (χ2n) is 8.81. The number of H-pyrrole nitrogens is 1. The van der Waals surface area contributed by atoms with Crippen LogP contribution in [0.2, 0.25) is 0 Å². The molecule has 1 amide bonds. The molecule has 4 heteroatoms. The lowest BCUT2D eigenvalue weighted by atomic mass is 9.86. The van der Waals surface area contributed by atoms with Crippen molar-refractivity contribution in [2.45, 2.75) is 83.7 Å². The highest BCUT2D eigenvalue weighted by Crippen LogP contribution is 2.30. The van der Waals surface area contributed by atoms with Gasteiger partial charge in [-0.05, 0) is 55.7 Å². The number of hydrogen-bond acceptors (Lipinski definition) is 2. The van der Waals surface area contributed by atoms with Gasteiger partial charge in [-0.15, -0.1) is 0 Å². The maximum atomic E-state index is 13.4. The molecule has 0 bridgehead atoms. The van der Waals surface area contributed by atoms with E-state index in [2.05, 4.69) is 22.0 Å². The maximum Gasteiger partial charge on any atom is 0.253 e. The summed E-state index contributed by atoms with van der Waals surface area (Å²) in [6.45, 7) is 2.47. The predicted octanol–water partition coefficient (Wildman–Crippen LogP) is 5.08. The minimum atomic E-state index is -0.0599. The minimum absolute atomic E-state index is 0.0599. The van der Waals surface area contributed by atoms with Gasteiger partial charge in [-0.3, -0.25) is 9.59 Å². The number of aromatic nitrogens is 1. The number of benzene rings is 1. The molecule has 2 fully saturated rings. The number of nitrogens with zero attached hydrogens (tertiary/aromatic N) is 1. The standard InChI is InChI=1S/C24H32N2O2/c1-17-12-13-19-15-20(23(27)25-22(19)14-17)16-26(21-10-6-3-7-11-21)24(28)18-8-4-2-5-9-18/h12-15,18,21H,2-11,16H2,1H3,(H,25,27). The topological polar surface area (TPSA) is 53.2 Å². The van der Waals surface area contributed by atoms with Crippen molar-refractivity contribution in [1.82, 2.24) is 9.88 Å². The summed E-state index contributed by atoms with van der Waals surface area (Å²) in [7, 11) is 0. The van der Waals surface area contributed by atoms with Gasteiger partial charge < -0.3 is 9.88 Å². The number of amides is 1. The Labute approximate surface area is 167 Å². The Balaban J connectivity index is 1.63. The van der Waals surface area contributed by atoms with Crippen LogP contribution in [0.1, 0.15) is 75.3 Å². The number of rotatable bonds is 4. The minimum Gasteiger partial charge on any atom is -0.335 e. The first-order chi connectivity index (χ1) is 13.6. The van der Waals surface area contributed by atoms with E-state index in [0.717, 1.165) is 55.0 Å². The van der Waals surface area contributed by atoms with E-state index in [1.807, 2.05) is 19.1 Å². The van der Waals surface area contributed by atoms with Crippen LogP contribution in [0.25, 0.3) is 10.9 Å². The summed E-state index contributed by atoms with van der Waals surface area (Å²) in [6.07, 6.45) is 11.4. The first-order valence-corrected chi connectivity index (χ1v) is 11.0. The van der Waals surface area contributed by atoms with Crippen molar-refractivity contribution >= 4 is 16.8 Å². The molecule has 2 aromatic rings. The van der Waals surface area contributed by atoms with Gasteiger partial charge in [-0.1, -0.05) is 50.7 Å². The lowest BCUT2D eigenvalue weighted by molar-refractivity contribution is -0.140. The Kier molecular flexibility index (Phi) is 5.84. The van der Waals surface area contributed by atoms with Gasteiger partial charge in [-0.2, -0.15) is 0 Å². The van der Waals surface area contributed by atoms with Gasteiger partial charge in [0, 0.05) is 23.0 Å². The molecule has 4 rings (SSSR count). The molecule has 1 aromatic heterocycles. The number of aryl methyl sites for hydroxylation is 1. The average Bonchev–Trinajstić information content (AvgIpc) is 2.73. The molecule has 0 aliphatic heterocycles. The molecule has 0 radical (unpaired) electrons. The lowest BCUT2D eigenvalue weighted by Crippen LogP contribution is -2.45. The Morgan fingerprint density at radius 1 is 1.00 bits per heavy atom. The Morgan fingerprint density at radius 3 is 2.39 bits per heavy atom. The molecule has 1 aromatic carbocycles. The van der Waals surface area contributed by atoms with Crippen LogP contribution in [0.15, 0.2) is 29.1 Å². The molecule has 1 heterocycles. The van der Waals surface area contributed by atoms with Crippen LogP contribution in [0.5, 0.6) is 0 Å². The number of pyridine rings is 1. The number of hydrogen-bond donors (Lipinski definition) is 1. The van der Waals surface area contributed by atoms with Crippen LogP contribution in [-0.2, 0) is 11.3 Å². The zero-order valence-corrected chi connectivity index (χ0v) is 17.0. The fourth-order valence-electron chi connectivity index (χ4n) is 5.02. The van der Waals surface area contributed by atoms with E-state index in [0.29, 0.717) is 12.1 Å². The van der Waals surface area contributed by atoms with Crippen molar-refractivity contribution in [3.05, 3.63) is 45.7 Å². The van der Waals surface area contributed by atoms with Crippen LogP contribution in [-0.4, -0.2) is 21.8 Å². The average molecular weight is 381 g/mol. The first kappa shape index (κ1) is 19.2. The van der Waals surface area contributed by atoms with Gasteiger partial charge in [-0.25, -0.2) is 0 Å². The van der Waals surface area contributed by atoms with E-state index >= 15 is 0 Å². The SMILES string of the molecule is Cc1ccc2cc(CN(C(=O)C3CCCCC3)C3CCCCC3)c(=O)[nH]c2c1. The quantitative estimate of drug-likeness (QED) is 0.804. The van der Waals surface area contributed by atoms with Crippen molar-refractivity contribution in [3.8, 4) is 0 Å². The fraction of sp³-hybridized carbons (Fsp3) is 0.583. The zero-order valence-electron chi connectivity index (χ0n) is 17.0. The molecule has 28 heavy (non-hydrogen) atoms. The predicted molar refractivity (Wildman–Crippen MR) is 113 cm³/mol. The Hall–Kier alpha value is -2.10. The van der Waals surface area contributed by atoms with Gasteiger partial charge in [0.2, 0.25) is 5.91 Å². The Bertz CT molecular complexity index is 889. The number of fused-ring (bicyclic) bond motifs is 1. The highest BCUT2D eigenvalue weighted by atomic mass is 16.2. The number of carbonyl (C=O) groups is 1. The molecule has 0 unspecified atom stereocenters. The second-order valence-corrected chi connectivity index (χ2v) is 8.81. The summed E-state index contributed by atoms with van der Waals surface area (Å²) in [5.74, 6) is 0.438. The first-order valence-electron chi connectivity index (χ1n) is 11.0. The van der Waals surface area contributed by atoms with Gasteiger partial charge >= 0.3 is 0 Å². The smallest absolute Gasteiger partial charge is 0.253 e. The molecule has 0 saturated heterocycles. The molecular weight excluding hydrogens is 348 g/mol. The Morgan fingerprint density at radius 2 is 1.68 bits per heavy atom. The van der Waals surface area contributed by atoms with E-state index in [4.69, 9.17) is 0 Å². The molecular formula is C24H32N2O2. The highest BCUT2D eigenvalue weighted by Gasteiger charge is 2.31. The van der Waals surface area contributed by atoms with Crippen LogP contribution in [0.3, 0.4) is 0 Å². The van der Waals surface area contributed by atoms with E-state index in [1.54, 1.807) is 0 Å². The van der Waals surface area contributed by atoms with Crippen LogP contribution in [0, 0.1) is 12.8 Å². The molecule has 0 atom stereocenters. The van der Waals surface area contributed by atoms with Gasteiger partial charge in [0.1, 0.15) is 0 Å². The summed E-state index contributed by atoms with van der Waals surface area (Å²) in [6, 6.07) is 8.40. The lowest BCUT2D eigenvalue weighted by Gasteiger charge is -2.37. The molecule has 2 aliphatic rings. The largest absolute Gasteiger partial charge is 0.335 e. The molecule has 1 N–H and O–H groups in total. The van der Waals surface area contributed by atoms with E-state index in [-0.39, 0.29) is 23.4 Å². The molecule has 150 valence electrons. The van der Waals surface area contributed by atoms with Crippen molar-refractivity contribution < 1.29 is 4.79 Å². The monoisotopic (exact) mass is 380 g/mol. The highest BCUT2D eigenvalue weighted by molar-refractivity contribution is 5.81.